The molecule has 0 aromatic rings. The van der Waals surface area contributed by atoms with Crippen LogP contribution >= 0.6 is 63.7 Å². The van der Waals surface area contributed by atoms with Gasteiger partial charge in [-0.2, -0.15) is 0 Å². The van der Waals surface area contributed by atoms with Crippen LogP contribution in [0.1, 0.15) is 12.8 Å². The van der Waals surface area contributed by atoms with Crippen molar-refractivity contribution in [1.29, 1.82) is 0 Å². The quantitative estimate of drug-likeness (QED) is 0.266. The van der Waals surface area contributed by atoms with Crippen LogP contribution in [0.5, 0.6) is 0 Å². The fraction of sp³-hybridized carbons (Fsp3) is 0.875. The van der Waals surface area contributed by atoms with Crippen LogP contribution < -0.4 is 0 Å². The van der Waals surface area contributed by atoms with Crippen LogP contribution in [-0.2, 0) is 9.59 Å². The number of rotatable bonds is 9. The maximum atomic E-state index is 11.6. The molecule has 28 heavy (non-hydrogen) atoms. The van der Waals surface area contributed by atoms with Gasteiger partial charge in [-0.25, -0.2) is 0 Å². The average molecular weight is 664 g/mol. The summed E-state index contributed by atoms with van der Waals surface area (Å²) in [5.74, 6) is 0.342. The second-order valence-corrected chi connectivity index (χ2v) is 8.94. The molecule has 1 heterocycles. The van der Waals surface area contributed by atoms with Gasteiger partial charge in [-0.3, -0.25) is 9.59 Å². The van der Waals surface area contributed by atoms with Crippen LogP contribution in [0, 0.1) is 0 Å². The molecule has 1 fully saturated rings. The normalized spacial score (nSPS) is 18.6. The number of alkyl halides is 4. The van der Waals surface area contributed by atoms with Gasteiger partial charge in [0.05, 0.1) is 12.2 Å². The van der Waals surface area contributed by atoms with E-state index in [-0.39, 0.29) is 22.5 Å². The van der Waals surface area contributed by atoms with E-state index in [0.29, 0.717) is 49.7 Å². The fourth-order valence-electron chi connectivity index (χ4n) is 2.32. The van der Waals surface area contributed by atoms with Gasteiger partial charge in [0.1, 0.15) is 12.2 Å². The van der Waals surface area contributed by atoms with E-state index in [1.54, 1.807) is 0 Å². The third-order valence-electron chi connectivity index (χ3n) is 4.06. The van der Waals surface area contributed by atoms with E-state index in [4.69, 9.17) is 10.2 Å². The van der Waals surface area contributed by atoms with Crippen molar-refractivity contribution in [3.63, 3.8) is 0 Å². The van der Waals surface area contributed by atoms with Crippen molar-refractivity contribution >= 4 is 75.5 Å². The van der Waals surface area contributed by atoms with E-state index >= 15 is 0 Å². The van der Waals surface area contributed by atoms with Crippen molar-refractivity contribution in [3.05, 3.63) is 0 Å². The lowest BCUT2D eigenvalue weighted by atomic mass is 10.1. The number of hydrogen-bond acceptors (Lipinski definition) is 6. The fourth-order valence-corrected chi connectivity index (χ4v) is 3.77. The van der Waals surface area contributed by atoms with Crippen molar-refractivity contribution in [2.75, 3.05) is 47.5 Å². The Morgan fingerprint density at radius 3 is 1.18 bits per heavy atom. The van der Waals surface area contributed by atoms with Gasteiger partial charge in [0.2, 0.25) is 11.8 Å². The first-order valence-corrected chi connectivity index (χ1v) is 13.2. The van der Waals surface area contributed by atoms with E-state index < -0.39 is 24.4 Å². The van der Waals surface area contributed by atoms with Gasteiger partial charge in [-0.15, -0.1) is 0 Å². The summed E-state index contributed by atoms with van der Waals surface area (Å²) in [5.41, 5.74) is 0. The molecule has 0 unspecified atom stereocenters. The summed E-state index contributed by atoms with van der Waals surface area (Å²) in [7, 11) is 0. The largest absolute Gasteiger partial charge is 0.389 e. The Morgan fingerprint density at radius 2 is 0.964 bits per heavy atom. The minimum atomic E-state index is -1.34. The van der Waals surface area contributed by atoms with E-state index in [1.165, 1.54) is 0 Å². The van der Waals surface area contributed by atoms with Gasteiger partial charge >= 0.3 is 0 Å². The Bertz CT molecular complexity index is 415. The predicted molar refractivity (Wildman–Crippen MR) is 122 cm³/mol. The van der Waals surface area contributed by atoms with Crippen molar-refractivity contribution < 1.29 is 30.0 Å². The molecule has 8 nitrogen and oxygen atoms in total. The summed E-state index contributed by atoms with van der Waals surface area (Å²) in [4.78, 5) is 26.8. The van der Waals surface area contributed by atoms with Gasteiger partial charge in [-0.1, -0.05) is 63.7 Å². The minimum absolute atomic E-state index is 0.153. The molecule has 0 radical (unpaired) electrons. The number of piperazine rings is 1. The summed E-state index contributed by atoms with van der Waals surface area (Å²) >= 11 is 12.4. The molecule has 0 saturated carbocycles. The number of aliphatic hydroxyl groups is 4. The highest BCUT2D eigenvalue weighted by molar-refractivity contribution is 9.09. The van der Waals surface area contributed by atoms with Crippen LogP contribution in [-0.4, -0.2) is 114 Å². The molecule has 0 aromatic carbocycles. The molecule has 1 saturated heterocycles. The van der Waals surface area contributed by atoms with Gasteiger partial charge in [0.25, 0.3) is 0 Å². The highest BCUT2D eigenvalue weighted by Crippen LogP contribution is 2.09. The van der Waals surface area contributed by atoms with E-state index in [1.807, 2.05) is 9.80 Å². The molecule has 0 aliphatic carbocycles. The van der Waals surface area contributed by atoms with Crippen LogP contribution in [0.15, 0.2) is 0 Å². The van der Waals surface area contributed by atoms with Crippen LogP contribution in [0.4, 0.5) is 0 Å². The zero-order valence-electron chi connectivity index (χ0n) is 15.4. The number of nitrogens with zero attached hydrogens (tertiary/aromatic N) is 2. The number of halogens is 4. The topological polar surface area (TPSA) is 122 Å². The molecule has 12 heteroatoms. The Hall–Kier alpha value is 0.700. The maximum Gasteiger partial charge on any atom is 0.223 e. The minimum Gasteiger partial charge on any atom is -0.389 e. The third-order valence-corrected chi connectivity index (χ3v) is 6.18. The monoisotopic (exact) mass is 660 g/mol. The van der Waals surface area contributed by atoms with Crippen molar-refractivity contribution in [2.24, 2.45) is 0 Å². The van der Waals surface area contributed by atoms with Gasteiger partial charge < -0.3 is 30.2 Å². The number of carbonyl (C=O) groups excluding carboxylic acids is 2. The summed E-state index contributed by atoms with van der Waals surface area (Å²) < 4.78 is 0. The lowest BCUT2D eigenvalue weighted by molar-refractivity contribution is -0.139. The molecule has 0 spiro atoms. The van der Waals surface area contributed by atoms with Crippen molar-refractivity contribution in [3.8, 4) is 0 Å². The molecule has 0 bridgehead atoms. The Kier molecular flexibility index (Phi) is 16.8. The molecule has 4 N–H and O–H groups in total. The second-order valence-electron chi connectivity index (χ2n) is 6.06. The number of amides is 2. The summed E-state index contributed by atoms with van der Waals surface area (Å²) in [5, 5.41) is 38.2. The first-order valence-electron chi connectivity index (χ1n) is 8.75. The van der Waals surface area contributed by atoms with Crippen LogP contribution in [0.3, 0.4) is 0 Å². The van der Waals surface area contributed by atoms with Gasteiger partial charge in [0, 0.05) is 60.3 Å². The zero-order valence-corrected chi connectivity index (χ0v) is 21.7. The maximum absolute atomic E-state index is 11.6. The lowest BCUT2D eigenvalue weighted by Crippen LogP contribution is -2.50. The summed E-state index contributed by atoms with van der Waals surface area (Å²) in [6.45, 7) is 2.67. The van der Waals surface area contributed by atoms with Crippen molar-refractivity contribution in [2.45, 2.75) is 37.3 Å². The lowest BCUT2D eigenvalue weighted by Gasteiger charge is -2.34. The smallest absolute Gasteiger partial charge is 0.223 e. The van der Waals surface area contributed by atoms with Gasteiger partial charge in [0.15, 0.2) is 0 Å². The Morgan fingerprint density at radius 1 is 0.679 bits per heavy atom. The van der Waals surface area contributed by atoms with E-state index in [9.17, 15) is 19.8 Å². The Balaban J connectivity index is 0.000000546. The molecule has 1 aliphatic heterocycles. The summed E-state index contributed by atoms with van der Waals surface area (Å²) in [6, 6.07) is 0. The molecule has 0 aromatic heterocycles. The zero-order chi connectivity index (χ0) is 21.7. The highest BCUT2D eigenvalue weighted by Gasteiger charge is 2.28. The molecule has 1 rings (SSSR count). The van der Waals surface area contributed by atoms with E-state index in [2.05, 4.69) is 63.7 Å². The van der Waals surface area contributed by atoms with Gasteiger partial charge in [-0.05, 0) is 0 Å². The molecular formula is C16H28Br4N2O6. The number of hydrogen-bond donors (Lipinski definition) is 4. The van der Waals surface area contributed by atoms with Crippen LogP contribution in [0.25, 0.3) is 0 Å². The van der Waals surface area contributed by atoms with Crippen LogP contribution in [0.2, 0.25) is 0 Å². The van der Waals surface area contributed by atoms with E-state index in [0.717, 1.165) is 0 Å². The first kappa shape index (κ1) is 28.7. The number of aliphatic hydroxyl groups excluding tert-OH is 4. The molecular weight excluding hydrogens is 636 g/mol. The average Bonchev–Trinajstić information content (AvgIpc) is 2.72. The molecule has 1 aliphatic rings. The SMILES string of the molecule is O=C(CCBr)N1CCN(C(=O)CCBr)CC1.O[C@H]([C@H](O)[C@@H](O)CBr)[C@H](O)CBr. The standard InChI is InChI=1S/C10H16Br2N2O2.C6H12Br2O4/c11-3-1-9(15)13-5-7-14(8-6-13)10(16)2-4-12;7-1-3(9)5(11)6(12)4(10)2-8/h1-8H2;3-6,9-12H,1-2H2/t;3-,4+,5+,6-. The highest BCUT2D eigenvalue weighted by atomic mass is 79.9. The first-order chi connectivity index (χ1) is 13.2. The summed E-state index contributed by atoms with van der Waals surface area (Å²) in [6.07, 6.45) is -3.75. The third kappa shape index (κ3) is 10.6. The predicted octanol–water partition coefficient (Wildman–Crippen LogP) is 0.447. The second kappa shape index (κ2) is 16.4. The molecule has 166 valence electrons. The van der Waals surface area contributed by atoms with Crippen molar-refractivity contribution in [1.82, 2.24) is 9.80 Å². The molecule has 2 amide bonds. The molecule has 4 atom stereocenters. The Labute approximate surface area is 199 Å². The number of carbonyl (C=O) groups is 2.